The SMILES string of the molecule is Cc1noc(CNC(=O)CC2(CS)CC2)n1. The Kier molecular flexibility index (Phi) is 3.18. The van der Waals surface area contributed by atoms with Crippen molar-refractivity contribution < 1.29 is 9.32 Å². The molecule has 6 heteroatoms. The van der Waals surface area contributed by atoms with E-state index < -0.39 is 0 Å². The van der Waals surface area contributed by atoms with Crippen LogP contribution in [0.25, 0.3) is 0 Å². The number of aryl methyl sites for hydroxylation is 1. The molecule has 1 N–H and O–H groups in total. The summed E-state index contributed by atoms with van der Waals surface area (Å²) in [5.41, 5.74) is 0.151. The maximum Gasteiger partial charge on any atom is 0.246 e. The lowest BCUT2D eigenvalue weighted by molar-refractivity contribution is -0.122. The van der Waals surface area contributed by atoms with Crippen molar-refractivity contribution in [3.05, 3.63) is 11.7 Å². The summed E-state index contributed by atoms with van der Waals surface area (Å²) in [7, 11) is 0. The first kappa shape index (κ1) is 11.4. The number of nitrogens with one attached hydrogen (secondary N) is 1. The van der Waals surface area contributed by atoms with E-state index in [2.05, 4.69) is 28.1 Å². The number of hydrogen-bond acceptors (Lipinski definition) is 5. The number of carbonyl (C=O) groups is 1. The average molecular weight is 241 g/mol. The van der Waals surface area contributed by atoms with Crippen LogP contribution in [0.2, 0.25) is 0 Å². The molecule has 0 bridgehead atoms. The van der Waals surface area contributed by atoms with Gasteiger partial charge in [-0.15, -0.1) is 0 Å². The molecule has 0 unspecified atom stereocenters. The second-order valence-corrected chi connectivity index (χ2v) is 4.66. The third kappa shape index (κ3) is 2.75. The van der Waals surface area contributed by atoms with Crippen LogP contribution in [-0.2, 0) is 11.3 Å². The number of thiol groups is 1. The molecule has 1 heterocycles. The molecular formula is C10H15N3O2S. The Hall–Kier alpha value is -1.04. The molecular weight excluding hydrogens is 226 g/mol. The smallest absolute Gasteiger partial charge is 0.246 e. The lowest BCUT2D eigenvalue weighted by Gasteiger charge is -2.10. The van der Waals surface area contributed by atoms with Gasteiger partial charge in [-0.1, -0.05) is 5.16 Å². The number of aromatic nitrogens is 2. The standard InChI is InChI=1S/C10H15N3O2S/c1-7-12-9(15-13-7)5-11-8(14)4-10(6-16)2-3-10/h16H,2-6H2,1H3,(H,11,14). The summed E-state index contributed by atoms with van der Waals surface area (Å²) in [6.07, 6.45) is 2.75. The summed E-state index contributed by atoms with van der Waals surface area (Å²) in [6, 6.07) is 0. The van der Waals surface area contributed by atoms with Crippen molar-refractivity contribution in [1.29, 1.82) is 0 Å². The summed E-state index contributed by atoms with van der Waals surface area (Å²) >= 11 is 4.26. The zero-order chi connectivity index (χ0) is 11.6. The van der Waals surface area contributed by atoms with Gasteiger partial charge in [0, 0.05) is 6.42 Å². The summed E-state index contributed by atoms with van der Waals surface area (Å²) < 4.78 is 4.90. The Morgan fingerprint density at radius 1 is 1.62 bits per heavy atom. The minimum absolute atomic E-state index is 0.0300. The van der Waals surface area contributed by atoms with E-state index in [0.717, 1.165) is 18.6 Å². The van der Waals surface area contributed by atoms with Gasteiger partial charge < -0.3 is 9.84 Å². The lowest BCUT2D eigenvalue weighted by atomic mass is 10.1. The Morgan fingerprint density at radius 2 is 2.38 bits per heavy atom. The molecule has 16 heavy (non-hydrogen) atoms. The largest absolute Gasteiger partial charge is 0.347 e. The monoisotopic (exact) mass is 241 g/mol. The predicted molar refractivity (Wildman–Crippen MR) is 61.0 cm³/mol. The van der Waals surface area contributed by atoms with Gasteiger partial charge >= 0.3 is 0 Å². The van der Waals surface area contributed by atoms with E-state index in [-0.39, 0.29) is 11.3 Å². The van der Waals surface area contributed by atoms with Crippen LogP contribution in [0.4, 0.5) is 0 Å². The van der Waals surface area contributed by atoms with E-state index in [1.807, 2.05) is 0 Å². The second kappa shape index (κ2) is 4.45. The summed E-state index contributed by atoms with van der Waals surface area (Å²) in [6.45, 7) is 2.05. The summed E-state index contributed by atoms with van der Waals surface area (Å²) in [4.78, 5) is 15.6. The molecule has 0 atom stereocenters. The van der Waals surface area contributed by atoms with E-state index in [1.54, 1.807) is 6.92 Å². The molecule has 1 aliphatic carbocycles. The van der Waals surface area contributed by atoms with E-state index >= 15 is 0 Å². The fraction of sp³-hybridized carbons (Fsp3) is 0.700. The Labute approximate surface area is 99.4 Å². The van der Waals surface area contributed by atoms with Gasteiger partial charge in [0.2, 0.25) is 11.8 Å². The van der Waals surface area contributed by atoms with Gasteiger partial charge in [0.1, 0.15) is 0 Å². The Bertz CT molecular complexity index is 387. The molecule has 1 aromatic rings. The lowest BCUT2D eigenvalue weighted by Crippen LogP contribution is -2.26. The maximum atomic E-state index is 11.6. The first-order chi connectivity index (χ1) is 7.63. The van der Waals surface area contributed by atoms with E-state index in [4.69, 9.17) is 4.52 Å². The van der Waals surface area contributed by atoms with Crippen LogP contribution < -0.4 is 5.32 Å². The normalized spacial score (nSPS) is 17.1. The molecule has 0 saturated heterocycles. The number of nitrogens with zero attached hydrogens (tertiary/aromatic N) is 2. The van der Waals surface area contributed by atoms with Crippen molar-refractivity contribution in [1.82, 2.24) is 15.5 Å². The Morgan fingerprint density at radius 3 is 2.88 bits per heavy atom. The van der Waals surface area contributed by atoms with E-state index in [1.165, 1.54) is 0 Å². The van der Waals surface area contributed by atoms with Gasteiger partial charge in [-0.2, -0.15) is 17.6 Å². The molecule has 1 aromatic heterocycles. The molecule has 1 saturated carbocycles. The van der Waals surface area contributed by atoms with Crippen LogP contribution >= 0.6 is 12.6 Å². The van der Waals surface area contributed by atoms with Gasteiger partial charge in [0.05, 0.1) is 6.54 Å². The van der Waals surface area contributed by atoms with Crippen molar-refractivity contribution in [3.8, 4) is 0 Å². The molecule has 2 rings (SSSR count). The van der Waals surface area contributed by atoms with Gasteiger partial charge in [-0.3, -0.25) is 4.79 Å². The van der Waals surface area contributed by atoms with E-state index in [9.17, 15) is 4.79 Å². The van der Waals surface area contributed by atoms with Crippen LogP contribution in [0.5, 0.6) is 0 Å². The van der Waals surface area contributed by atoms with Gasteiger partial charge in [-0.25, -0.2) is 0 Å². The topological polar surface area (TPSA) is 68.0 Å². The fourth-order valence-corrected chi connectivity index (χ4v) is 1.98. The molecule has 0 aliphatic heterocycles. The third-order valence-electron chi connectivity index (χ3n) is 2.83. The van der Waals surface area contributed by atoms with Gasteiger partial charge in [0.15, 0.2) is 5.82 Å². The van der Waals surface area contributed by atoms with Gasteiger partial charge in [0.25, 0.3) is 0 Å². The summed E-state index contributed by atoms with van der Waals surface area (Å²) in [5, 5.41) is 6.42. The molecule has 0 aromatic carbocycles. The van der Waals surface area contributed by atoms with Crippen LogP contribution in [0.15, 0.2) is 4.52 Å². The highest BCUT2D eigenvalue weighted by atomic mass is 32.1. The predicted octanol–water partition coefficient (Wildman–Crippen LogP) is 1.09. The molecule has 88 valence electrons. The van der Waals surface area contributed by atoms with Crippen LogP contribution in [-0.4, -0.2) is 21.8 Å². The molecule has 0 spiro atoms. The fourth-order valence-electron chi connectivity index (χ4n) is 1.56. The minimum Gasteiger partial charge on any atom is -0.347 e. The van der Waals surface area contributed by atoms with Crippen molar-refractivity contribution in [2.45, 2.75) is 32.7 Å². The quantitative estimate of drug-likeness (QED) is 0.757. The van der Waals surface area contributed by atoms with Crippen molar-refractivity contribution in [2.75, 3.05) is 5.75 Å². The van der Waals surface area contributed by atoms with Crippen molar-refractivity contribution in [2.24, 2.45) is 5.41 Å². The highest BCUT2D eigenvalue weighted by Gasteiger charge is 2.42. The first-order valence-corrected chi connectivity index (χ1v) is 5.94. The highest BCUT2D eigenvalue weighted by molar-refractivity contribution is 7.80. The molecule has 1 fully saturated rings. The summed E-state index contributed by atoms with van der Waals surface area (Å²) in [5.74, 6) is 1.84. The van der Waals surface area contributed by atoms with E-state index in [0.29, 0.717) is 24.7 Å². The zero-order valence-electron chi connectivity index (χ0n) is 9.19. The van der Waals surface area contributed by atoms with Crippen molar-refractivity contribution >= 4 is 18.5 Å². The minimum atomic E-state index is 0.0300. The number of hydrogen-bond donors (Lipinski definition) is 2. The second-order valence-electron chi connectivity index (χ2n) is 4.35. The zero-order valence-corrected chi connectivity index (χ0v) is 10.1. The third-order valence-corrected chi connectivity index (χ3v) is 3.51. The van der Waals surface area contributed by atoms with Crippen LogP contribution in [0.1, 0.15) is 31.0 Å². The maximum absolute atomic E-state index is 11.6. The highest BCUT2D eigenvalue weighted by Crippen LogP contribution is 2.49. The Balaban J connectivity index is 1.76. The molecule has 1 aliphatic rings. The average Bonchev–Trinajstić information content (AvgIpc) is 2.91. The molecule has 1 amide bonds. The number of rotatable bonds is 5. The number of carbonyl (C=O) groups excluding carboxylic acids is 1. The van der Waals surface area contributed by atoms with Crippen LogP contribution in [0, 0.1) is 12.3 Å². The van der Waals surface area contributed by atoms with Crippen molar-refractivity contribution in [3.63, 3.8) is 0 Å². The number of amides is 1. The first-order valence-electron chi connectivity index (χ1n) is 5.30. The van der Waals surface area contributed by atoms with Gasteiger partial charge in [-0.05, 0) is 30.9 Å². The molecule has 0 radical (unpaired) electrons. The molecule has 5 nitrogen and oxygen atoms in total. The van der Waals surface area contributed by atoms with Crippen LogP contribution in [0.3, 0.4) is 0 Å².